The summed E-state index contributed by atoms with van der Waals surface area (Å²) >= 11 is 0. The number of carboxylic acid groups (broad SMARTS) is 1. The van der Waals surface area contributed by atoms with Gasteiger partial charge in [-0.1, -0.05) is 20.8 Å². The first-order chi connectivity index (χ1) is 11.1. The highest BCUT2D eigenvalue weighted by Crippen LogP contribution is 2.39. The van der Waals surface area contributed by atoms with E-state index in [2.05, 4.69) is 0 Å². The van der Waals surface area contributed by atoms with E-state index in [1.165, 1.54) is 24.1 Å². The van der Waals surface area contributed by atoms with Crippen LogP contribution in [0.2, 0.25) is 0 Å². The van der Waals surface area contributed by atoms with E-state index in [9.17, 15) is 19.4 Å². The second-order valence-electron chi connectivity index (χ2n) is 7.67. The molecule has 0 aromatic heterocycles. The summed E-state index contributed by atoms with van der Waals surface area (Å²) in [6.45, 7) is 6.14. The van der Waals surface area contributed by atoms with Gasteiger partial charge in [0.15, 0.2) is 0 Å². The van der Waals surface area contributed by atoms with Crippen LogP contribution in [0.25, 0.3) is 0 Å². The van der Waals surface area contributed by atoms with Crippen molar-refractivity contribution in [2.75, 3.05) is 13.7 Å². The van der Waals surface area contributed by atoms with Crippen LogP contribution in [0, 0.1) is 11.2 Å². The Labute approximate surface area is 142 Å². The molecule has 2 atom stereocenters. The van der Waals surface area contributed by atoms with Crippen molar-refractivity contribution >= 4 is 6.09 Å². The molecule has 1 aliphatic rings. The van der Waals surface area contributed by atoms with Crippen LogP contribution in [0.1, 0.15) is 39.2 Å². The number of piperidine rings is 1. The number of aliphatic hydroxyl groups is 1. The SMILES string of the molecule is COc1ccc(F)cc1CC1(O)CCN(C(=O)O)C(C(C)(C)C)C1. The Morgan fingerprint density at radius 1 is 1.46 bits per heavy atom. The second-order valence-corrected chi connectivity index (χ2v) is 7.67. The van der Waals surface area contributed by atoms with Crippen molar-refractivity contribution in [1.29, 1.82) is 0 Å². The highest BCUT2D eigenvalue weighted by Gasteiger charge is 2.45. The van der Waals surface area contributed by atoms with Crippen molar-refractivity contribution in [2.45, 2.75) is 51.7 Å². The lowest BCUT2D eigenvalue weighted by Gasteiger charge is -2.48. The lowest BCUT2D eigenvalue weighted by atomic mass is 9.73. The van der Waals surface area contributed by atoms with Crippen molar-refractivity contribution in [3.63, 3.8) is 0 Å². The first-order valence-corrected chi connectivity index (χ1v) is 8.10. The first-order valence-electron chi connectivity index (χ1n) is 8.10. The molecule has 1 saturated heterocycles. The standard InChI is InChI=1S/C18H26FNO4/c1-17(2,3)15-11-18(23,7-8-20(15)16(21)22)10-12-9-13(19)5-6-14(12)24-4/h5-6,9,15,23H,7-8,10-11H2,1-4H3,(H,21,22). The zero-order chi connectivity index (χ0) is 18.1. The van der Waals surface area contributed by atoms with Crippen LogP contribution in [0.5, 0.6) is 5.75 Å². The average molecular weight is 339 g/mol. The van der Waals surface area contributed by atoms with Gasteiger partial charge in [-0.25, -0.2) is 9.18 Å². The zero-order valence-electron chi connectivity index (χ0n) is 14.7. The van der Waals surface area contributed by atoms with Gasteiger partial charge in [-0.15, -0.1) is 0 Å². The number of benzene rings is 1. The Morgan fingerprint density at radius 2 is 2.12 bits per heavy atom. The minimum atomic E-state index is -1.09. The predicted octanol–water partition coefficient (Wildman–Crippen LogP) is 3.30. The Hall–Kier alpha value is -1.82. The molecule has 1 heterocycles. The van der Waals surface area contributed by atoms with Gasteiger partial charge < -0.3 is 19.8 Å². The average Bonchev–Trinajstić information content (AvgIpc) is 2.45. The molecule has 2 unspecified atom stereocenters. The van der Waals surface area contributed by atoms with Gasteiger partial charge in [0.2, 0.25) is 0 Å². The number of carbonyl (C=O) groups is 1. The van der Waals surface area contributed by atoms with E-state index >= 15 is 0 Å². The molecule has 1 aromatic rings. The topological polar surface area (TPSA) is 70.0 Å². The Bertz CT molecular complexity index is 614. The normalized spacial score (nSPS) is 24.8. The van der Waals surface area contributed by atoms with E-state index in [1.54, 1.807) is 6.07 Å². The molecule has 6 heteroatoms. The van der Waals surface area contributed by atoms with Gasteiger partial charge in [-0.05, 0) is 42.0 Å². The van der Waals surface area contributed by atoms with Gasteiger partial charge in [0, 0.05) is 19.0 Å². The van der Waals surface area contributed by atoms with Gasteiger partial charge >= 0.3 is 6.09 Å². The van der Waals surface area contributed by atoms with E-state index in [1.807, 2.05) is 20.8 Å². The summed E-state index contributed by atoms with van der Waals surface area (Å²) in [4.78, 5) is 12.9. The summed E-state index contributed by atoms with van der Waals surface area (Å²) in [6, 6.07) is 3.92. The fourth-order valence-electron chi connectivity index (χ4n) is 3.46. The van der Waals surface area contributed by atoms with Gasteiger partial charge in [-0.3, -0.25) is 0 Å². The maximum Gasteiger partial charge on any atom is 0.407 e. The molecule has 1 aliphatic heterocycles. The monoisotopic (exact) mass is 339 g/mol. The number of rotatable bonds is 3. The Morgan fingerprint density at radius 3 is 2.67 bits per heavy atom. The molecular weight excluding hydrogens is 313 g/mol. The fraction of sp³-hybridized carbons (Fsp3) is 0.611. The van der Waals surface area contributed by atoms with Crippen molar-refractivity contribution in [2.24, 2.45) is 5.41 Å². The molecule has 24 heavy (non-hydrogen) atoms. The predicted molar refractivity (Wildman–Crippen MR) is 88.8 cm³/mol. The third-order valence-electron chi connectivity index (χ3n) is 4.77. The number of amides is 1. The van der Waals surface area contributed by atoms with Crippen molar-refractivity contribution in [3.8, 4) is 5.75 Å². The molecule has 134 valence electrons. The van der Waals surface area contributed by atoms with Gasteiger partial charge in [0.1, 0.15) is 11.6 Å². The Balaban J connectivity index is 2.28. The number of halogens is 1. The third-order valence-corrected chi connectivity index (χ3v) is 4.77. The summed E-state index contributed by atoms with van der Waals surface area (Å²) in [5, 5.41) is 20.5. The van der Waals surface area contributed by atoms with Gasteiger partial charge in [0.25, 0.3) is 0 Å². The number of ether oxygens (including phenoxy) is 1. The van der Waals surface area contributed by atoms with Crippen LogP contribution in [0.4, 0.5) is 9.18 Å². The summed E-state index contributed by atoms with van der Waals surface area (Å²) in [5.74, 6) is 0.141. The molecule has 1 fully saturated rings. The number of nitrogens with zero attached hydrogens (tertiary/aromatic N) is 1. The molecule has 0 aliphatic carbocycles. The number of likely N-dealkylation sites (tertiary alicyclic amines) is 1. The minimum Gasteiger partial charge on any atom is -0.496 e. The maximum absolute atomic E-state index is 13.6. The molecule has 0 radical (unpaired) electrons. The summed E-state index contributed by atoms with van der Waals surface area (Å²) < 4.78 is 18.8. The molecule has 2 rings (SSSR count). The van der Waals surface area contributed by atoms with Crippen LogP contribution >= 0.6 is 0 Å². The van der Waals surface area contributed by atoms with E-state index in [4.69, 9.17) is 4.74 Å². The molecule has 0 saturated carbocycles. The molecule has 0 spiro atoms. The van der Waals surface area contributed by atoms with Gasteiger partial charge in [0.05, 0.1) is 12.7 Å². The molecule has 0 bridgehead atoms. The first kappa shape index (κ1) is 18.5. The van der Waals surface area contributed by atoms with Crippen molar-refractivity contribution in [3.05, 3.63) is 29.6 Å². The van der Waals surface area contributed by atoms with Crippen molar-refractivity contribution in [1.82, 2.24) is 4.90 Å². The molecular formula is C18H26FNO4. The quantitative estimate of drug-likeness (QED) is 0.886. The van der Waals surface area contributed by atoms with Crippen LogP contribution in [-0.2, 0) is 6.42 Å². The van der Waals surface area contributed by atoms with E-state index < -0.39 is 11.7 Å². The number of methoxy groups -OCH3 is 1. The third kappa shape index (κ3) is 3.98. The molecule has 5 nitrogen and oxygen atoms in total. The Kier molecular flexibility index (Phi) is 5.08. The number of hydrogen-bond acceptors (Lipinski definition) is 3. The lowest BCUT2D eigenvalue weighted by molar-refractivity contribution is -0.0638. The van der Waals surface area contributed by atoms with Crippen LogP contribution in [0.15, 0.2) is 18.2 Å². The second kappa shape index (κ2) is 6.59. The van der Waals surface area contributed by atoms with Crippen LogP contribution in [0.3, 0.4) is 0 Å². The molecule has 1 amide bonds. The smallest absolute Gasteiger partial charge is 0.407 e. The molecule has 2 N–H and O–H groups in total. The molecule has 1 aromatic carbocycles. The summed E-state index contributed by atoms with van der Waals surface area (Å²) in [6.07, 6.45) is -0.123. The summed E-state index contributed by atoms with van der Waals surface area (Å²) in [7, 11) is 1.51. The van der Waals surface area contributed by atoms with Crippen LogP contribution < -0.4 is 4.74 Å². The van der Waals surface area contributed by atoms with Crippen LogP contribution in [-0.4, -0.2) is 46.5 Å². The lowest BCUT2D eigenvalue weighted by Crippen LogP contribution is -2.57. The zero-order valence-corrected chi connectivity index (χ0v) is 14.7. The highest BCUT2D eigenvalue weighted by molar-refractivity contribution is 5.65. The largest absolute Gasteiger partial charge is 0.496 e. The van der Waals surface area contributed by atoms with E-state index in [-0.39, 0.29) is 30.2 Å². The van der Waals surface area contributed by atoms with E-state index in [0.717, 1.165) is 0 Å². The van der Waals surface area contributed by atoms with Crippen molar-refractivity contribution < 1.29 is 24.1 Å². The van der Waals surface area contributed by atoms with Gasteiger partial charge in [-0.2, -0.15) is 0 Å². The fourth-order valence-corrected chi connectivity index (χ4v) is 3.46. The number of hydrogen-bond donors (Lipinski definition) is 2. The maximum atomic E-state index is 13.6. The van der Waals surface area contributed by atoms with E-state index in [0.29, 0.717) is 24.2 Å². The summed E-state index contributed by atoms with van der Waals surface area (Å²) in [5.41, 5.74) is -0.805. The minimum absolute atomic E-state index is 0.230. The highest BCUT2D eigenvalue weighted by atomic mass is 19.1.